The number of hydrogen-bond acceptors (Lipinski definition) is 1. The van der Waals surface area contributed by atoms with Gasteiger partial charge in [0.25, 0.3) is 0 Å². The molecule has 0 heterocycles. The van der Waals surface area contributed by atoms with Crippen LogP contribution in [0.15, 0.2) is 12.1 Å². The number of nitrogens with zero attached hydrogens (tertiary/aromatic N) is 1. The average molecular weight is 316 g/mol. The second-order valence-corrected chi connectivity index (χ2v) is 6.62. The number of halogens is 3. The van der Waals surface area contributed by atoms with Gasteiger partial charge in [-0.05, 0) is 42.9 Å². The van der Waals surface area contributed by atoms with Gasteiger partial charge >= 0.3 is 0 Å². The summed E-state index contributed by atoms with van der Waals surface area (Å²) in [4.78, 5) is 1.95. The van der Waals surface area contributed by atoms with E-state index in [1.54, 1.807) is 0 Å². The van der Waals surface area contributed by atoms with E-state index < -0.39 is 11.6 Å². The molecule has 0 N–H and O–H groups in total. The van der Waals surface area contributed by atoms with Gasteiger partial charge in [-0.3, -0.25) is 0 Å². The van der Waals surface area contributed by atoms with Crippen molar-refractivity contribution in [3.8, 4) is 0 Å². The Morgan fingerprint density at radius 1 is 1.19 bits per heavy atom. The second kappa shape index (κ2) is 7.44. The zero-order chi connectivity index (χ0) is 15.4. The van der Waals surface area contributed by atoms with Crippen molar-refractivity contribution < 1.29 is 8.78 Å². The van der Waals surface area contributed by atoms with Crippen LogP contribution in [0, 0.1) is 17.6 Å². The molecule has 1 aliphatic rings. The van der Waals surface area contributed by atoms with Crippen molar-refractivity contribution in [1.29, 1.82) is 0 Å². The summed E-state index contributed by atoms with van der Waals surface area (Å²) >= 11 is 5.69. The number of anilines is 1. The monoisotopic (exact) mass is 315 g/mol. The van der Waals surface area contributed by atoms with E-state index in [1.807, 2.05) is 4.90 Å². The molecule has 1 nitrogen and oxygen atoms in total. The fraction of sp³-hybridized carbons (Fsp3) is 0.647. The summed E-state index contributed by atoms with van der Waals surface area (Å²) < 4.78 is 28.8. The molecule has 0 spiro atoms. The minimum Gasteiger partial charge on any atom is -0.364 e. The first-order valence-corrected chi connectivity index (χ1v) is 8.37. The summed E-state index contributed by atoms with van der Waals surface area (Å²) in [6, 6.07) is 2.99. The standard InChI is InChI=1S/C17H24ClF2N/c1-12(2)7-8-21(14-5-3-4-6-14)17-15(19)9-13(11-18)10-16(17)20/h9-10,12,14H,3-8,11H2,1-2H3. The first-order chi connectivity index (χ1) is 10.0. The van der Waals surface area contributed by atoms with Crippen LogP contribution in [0.4, 0.5) is 14.5 Å². The van der Waals surface area contributed by atoms with Crippen molar-refractivity contribution in [3.63, 3.8) is 0 Å². The summed E-state index contributed by atoms with van der Waals surface area (Å²) in [7, 11) is 0. The van der Waals surface area contributed by atoms with Gasteiger partial charge in [0.1, 0.15) is 17.3 Å². The quantitative estimate of drug-likeness (QED) is 0.627. The van der Waals surface area contributed by atoms with Gasteiger partial charge in [0.15, 0.2) is 0 Å². The van der Waals surface area contributed by atoms with Gasteiger partial charge in [-0.2, -0.15) is 0 Å². The molecule has 1 fully saturated rings. The highest BCUT2D eigenvalue weighted by Gasteiger charge is 2.27. The highest BCUT2D eigenvalue weighted by atomic mass is 35.5. The number of alkyl halides is 1. The largest absolute Gasteiger partial charge is 0.364 e. The molecule has 0 atom stereocenters. The summed E-state index contributed by atoms with van der Waals surface area (Å²) in [6.07, 6.45) is 5.27. The van der Waals surface area contributed by atoms with Crippen LogP contribution in [0.5, 0.6) is 0 Å². The third kappa shape index (κ3) is 4.09. The summed E-state index contributed by atoms with van der Waals surface area (Å²) in [6.45, 7) is 4.97. The van der Waals surface area contributed by atoms with E-state index in [1.165, 1.54) is 12.1 Å². The number of hydrogen-bond donors (Lipinski definition) is 0. The lowest BCUT2D eigenvalue weighted by atomic mass is 10.1. The molecule has 1 aliphatic carbocycles. The van der Waals surface area contributed by atoms with Crippen molar-refractivity contribution in [2.24, 2.45) is 5.92 Å². The predicted octanol–water partition coefficient (Wildman–Crippen LogP) is 5.50. The van der Waals surface area contributed by atoms with Crippen LogP contribution in [0.2, 0.25) is 0 Å². The van der Waals surface area contributed by atoms with Crippen molar-refractivity contribution >= 4 is 17.3 Å². The van der Waals surface area contributed by atoms with Crippen LogP contribution in [-0.4, -0.2) is 12.6 Å². The molecule has 0 amide bonds. The highest BCUT2D eigenvalue weighted by Crippen LogP contribution is 2.33. The van der Waals surface area contributed by atoms with E-state index in [0.717, 1.165) is 32.1 Å². The van der Waals surface area contributed by atoms with Crippen molar-refractivity contribution in [2.45, 2.75) is 57.9 Å². The van der Waals surface area contributed by atoms with E-state index in [9.17, 15) is 8.78 Å². The molecule has 0 aliphatic heterocycles. The molecule has 2 rings (SSSR count). The van der Waals surface area contributed by atoms with Gasteiger partial charge in [0, 0.05) is 18.5 Å². The fourth-order valence-electron chi connectivity index (χ4n) is 3.06. The van der Waals surface area contributed by atoms with Crippen LogP contribution in [0.1, 0.15) is 51.5 Å². The Kier molecular flexibility index (Phi) is 5.86. The maximum Gasteiger partial charge on any atom is 0.149 e. The molecular formula is C17H24ClF2N. The summed E-state index contributed by atoms with van der Waals surface area (Å²) in [5, 5.41) is 0. The topological polar surface area (TPSA) is 3.24 Å². The normalized spacial score (nSPS) is 15.9. The van der Waals surface area contributed by atoms with Crippen molar-refractivity contribution in [2.75, 3.05) is 11.4 Å². The van der Waals surface area contributed by atoms with E-state index in [-0.39, 0.29) is 17.6 Å². The van der Waals surface area contributed by atoms with Crippen LogP contribution in [-0.2, 0) is 5.88 Å². The van der Waals surface area contributed by atoms with E-state index >= 15 is 0 Å². The van der Waals surface area contributed by atoms with E-state index in [0.29, 0.717) is 18.0 Å². The van der Waals surface area contributed by atoms with Gasteiger partial charge < -0.3 is 4.90 Å². The van der Waals surface area contributed by atoms with E-state index in [2.05, 4.69) is 13.8 Å². The molecule has 21 heavy (non-hydrogen) atoms. The second-order valence-electron chi connectivity index (χ2n) is 6.36. The van der Waals surface area contributed by atoms with Gasteiger partial charge in [0.2, 0.25) is 0 Å². The Balaban J connectivity index is 2.30. The molecule has 118 valence electrons. The first kappa shape index (κ1) is 16.5. The molecule has 4 heteroatoms. The first-order valence-electron chi connectivity index (χ1n) is 7.83. The SMILES string of the molecule is CC(C)CCN(c1c(F)cc(CCl)cc1F)C1CCCC1. The molecule has 1 aromatic carbocycles. The zero-order valence-electron chi connectivity index (χ0n) is 12.8. The summed E-state index contributed by atoms with van der Waals surface area (Å²) in [5.41, 5.74) is 0.627. The van der Waals surface area contributed by atoms with Crippen LogP contribution >= 0.6 is 11.6 Å². The zero-order valence-corrected chi connectivity index (χ0v) is 13.6. The molecule has 1 saturated carbocycles. The third-order valence-corrected chi connectivity index (χ3v) is 4.54. The smallest absolute Gasteiger partial charge is 0.149 e. The maximum absolute atomic E-state index is 14.4. The van der Waals surface area contributed by atoms with Crippen molar-refractivity contribution in [3.05, 3.63) is 29.3 Å². The van der Waals surface area contributed by atoms with Crippen LogP contribution < -0.4 is 4.90 Å². The Labute approximate surface area is 131 Å². The number of benzene rings is 1. The third-order valence-electron chi connectivity index (χ3n) is 4.23. The lowest BCUT2D eigenvalue weighted by molar-refractivity contribution is 0.500. The minimum atomic E-state index is -0.485. The van der Waals surface area contributed by atoms with Crippen LogP contribution in [0.25, 0.3) is 0 Å². The molecule has 0 saturated heterocycles. The Hall–Kier alpha value is -0.830. The van der Waals surface area contributed by atoms with Gasteiger partial charge in [0.05, 0.1) is 0 Å². The molecule has 1 aromatic rings. The molecule has 0 aromatic heterocycles. The maximum atomic E-state index is 14.4. The minimum absolute atomic E-state index is 0.129. The predicted molar refractivity (Wildman–Crippen MR) is 85.0 cm³/mol. The Morgan fingerprint density at radius 2 is 1.76 bits per heavy atom. The lowest BCUT2D eigenvalue weighted by Crippen LogP contribution is -2.36. The van der Waals surface area contributed by atoms with Crippen molar-refractivity contribution in [1.82, 2.24) is 0 Å². The summed E-state index contributed by atoms with van der Waals surface area (Å²) in [5.74, 6) is -0.325. The average Bonchev–Trinajstić information content (AvgIpc) is 2.94. The Bertz CT molecular complexity index is 447. The highest BCUT2D eigenvalue weighted by molar-refractivity contribution is 6.17. The molecule has 0 radical (unpaired) electrons. The van der Waals surface area contributed by atoms with Crippen LogP contribution in [0.3, 0.4) is 0 Å². The number of rotatable bonds is 6. The van der Waals surface area contributed by atoms with E-state index in [4.69, 9.17) is 11.6 Å². The molecule has 0 unspecified atom stereocenters. The van der Waals surface area contributed by atoms with Gasteiger partial charge in [-0.15, -0.1) is 11.6 Å². The molecule has 0 bridgehead atoms. The van der Waals surface area contributed by atoms with Gasteiger partial charge in [-0.25, -0.2) is 8.78 Å². The Morgan fingerprint density at radius 3 is 2.24 bits per heavy atom. The molecular weight excluding hydrogens is 292 g/mol. The lowest BCUT2D eigenvalue weighted by Gasteiger charge is -2.32. The fourth-order valence-corrected chi connectivity index (χ4v) is 3.21. The van der Waals surface area contributed by atoms with Gasteiger partial charge in [-0.1, -0.05) is 26.7 Å².